The third-order valence-corrected chi connectivity index (χ3v) is 5.63. The minimum absolute atomic E-state index is 0.0333. The number of aromatic nitrogens is 1. The van der Waals surface area contributed by atoms with Crippen molar-refractivity contribution in [2.75, 3.05) is 19.7 Å². The number of hydrogen-bond acceptors (Lipinski definition) is 7. The molecule has 1 aliphatic rings. The van der Waals surface area contributed by atoms with Gasteiger partial charge in [-0.2, -0.15) is 0 Å². The number of benzene rings is 2. The van der Waals surface area contributed by atoms with Crippen molar-refractivity contribution in [3.8, 4) is 11.6 Å². The Balaban J connectivity index is 1.50. The van der Waals surface area contributed by atoms with Crippen LogP contribution < -0.4 is 4.74 Å². The van der Waals surface area contributed by atoms with Crippen LogP contribution >= 0.6 is 0 Å². The normalized spacial score (nSPS) is 14.7. The topological polar surface area (TPSA) is 123 Å². The van der Waals surface area contributed by atoms with E-state index in [1.807, 2.05) is 25.1 Å². The average Bonchev–Trinajstić information content (AvgIpc) is 3.07. The number of nitrogens with zero attached hydrogens (tertiary/aromatic N) is 5. The van der Waals surface area contributed by atoms with Crippen molar-refractivity contribution >= 4 is 28.2 Å². The van der Waals surface area contributed by atoms with Gasteiger partial charge in [0.1, 0.15) is 5.75 Å². The number of amides is 1. The summed E-state index contributed by atoms with van der Waals surface area (Å²) in [4.78, 5) is 24.7. The molecule has 10 heteroatoms. The second-order valence-corrected chi connectivity index (χ2v) is 8.07. The highest BCUT2D eigenvalue weighted by Gasteiger charge is 2.20. The zero-order chi connectivity index (χ0) is 23.4. The molecular formula is C23H25N5O5. The van der Waals surface area contributed by atoms with E-state index in [4.69, 9.17) is 4.74 Å². The third kappa shape index (κ3) is 5.17. The number of azo groups is 1. The number of aromatic hydroxyl groups is 1. The Hall–Kier alpha value is -3.79. The van der Waals surface area contributed by atoms with E-state index < -0.39 is 10.8 Å². The fraction of sp³-hybridized carbons (Fsp3) is 0.348. The molecule has 2 aromatic carbocycles. The summed E-state index contributed by atoms with van der Waals surface area (Å²) in [5.74, 6) is -0.368. The van der Waals surface area contributed by atoms with Crippen LogP contribution in [0.4, 0.5) is 11.4 Å². The Morgan fingerprint density at radius 2 is 1.88 bits per heavy atom. The fourth-order valence-corrected chi connectivity index (χ4v) is 3.92. The van der Waals surface area contributed by atoms with Crippen molar-refractivity contribution < 1.29 is 19.6 Å². The first-order valence-corrected chi connectivity index (χ1v) is 10.8. The zero-order valence-corrected chi connectivity index (χ0v) is 18.3. The molecule has 1 N–H and O–H groups in total. The number of fused-ring (bicyclic) bond motifs is 1. The molecule has 4 rings (SSSR count). The number of ether oxygens (including phenoxy) is 1. The van der Waals surface area contributed by atoms with Crippen LogP contribution in [0.5, 0.6) is 11.6 Å². The first-order valence-electron chi connectivity index (χ1n) is 10.8. The Bertz CT molecular complexity index is 1200. The molecule has 0 aliphatic carbocycles. The van der Waals surface area contributed by atoms with Crippen molar-refractivity contribution in [3.63, 3.8) is 0 Å². The smallest absolute Gasteiger partial charge is 0.302 e. The van der Waals surface area contributed by atoms with Gasteiger partial charge in [0.05, 0.1) is 17.1 Å². The maximum atomic E-state index is 12.2. The lowest BCUT2D eigenvalue weighted by Gasteiger charge is -2.27. The minimum Gasteiger partial charge on any atom is -0.493 e. The largest absolute Gasteiger partial charge is 0.493 e. The van der Waals surface area contributed by atoms with Crippen molar-refractivity contribution in [2.45, 2.75) is 32.9 Å². The summed E-state index contributed by atoms with van der Waals surface area (Å²) in [6.07, 6.45) is 3.49. The number of aryl methyl sites for hydroxylation is 1. The van der Waals surface area contributed by atoms with Gasteiger partial charge < -0.3 is 9.84 Å². The van der Waals surface area contributed by atoms with Crippen LogP contribution in [0, 0.1) is 17.0 Å². The van der Waals surface area contributed by atoms with Gasteiger partial charge in [-0.05, 0) is 57.1 Å². The van der Waals surface area contributed by atoms with Gasteiger partial charge in [-0.3, -0.25) is 24.4 Å². The van der Waals surface area contributed by atoms with Gasteiger partial charge >= 0.3 is 5.91 Å². The van der Waals surface area contributed by atoms with E-state index in [2.05, 4.69) is 15.1 Å². The molecule has 1 fully saturated rings. The van der Waals surface area contributed by atoms with E-state index in [0.29, 0.717) is 12.4 Å². The van der Waals surface area contributed by atoms with Crippen LogP contribution in [0.2, 0.25) is 0 Å². The maximum absolute atomic E-state index is 12.2. The molecule has 0 spiro atoms. The minimum atomic E-state index is -0.641. The highest BCUT2D eigenvalue weighted by molar-refractivity contribution is 5.95. The van der Waals surface area contributed by atoms with E-state index in [9.17, 15) is 20.0 Å². The molecule has 0 radical (unpaired) electrons. The number of rotatable bonds is 7. The number of nitro groups is 1. The molecule has 3 aromatic rings. The lowest BCUT2D eigenvalue weighted by molar-refractivity contribution is -0.384. The quantitative estimate of drug-likeness (QED) is 0.316. The van der Waals surface area contributed by atoms with Crippen molar-refractivity contribution in [2.24, 2.45) is 10.2 Å². The van der Waals surface area contributed by atoms with E-state index in [1.54, 1.807) is 4.57 Å². The van der Waals surface area contributed by atoms with Gasteiger partial charge in [0.25, 0.3) is 5.69 Å². The van der Waals surface area contributed by atoms with Gasteiger partial charge in [0.15, 0.2) is 12.3 Å². The highest BCUT2D eigenvalue weighted by Crippen LogP contribution is 2.39. The summed E-state index contributed by atoms with van der Waals surface area (Å²) >= 11 is 0. The van der Waals surface area contributed by atoms with Crippen LogP contribution in [0.15, 0.2) is 52.7 Å². The Labute approximate surface area is 190 Å². The van der Waals surface area contributed by atoms with Gasteiger partial charge in [0.2, 0.25) is 5.88 Å². The highest BCUT2D eigenvalue weighted by atomic mass is 16.6. The van der Waals surface area contributed by atoms with Gasteiger partial charge in [0, 0.05) is 17.5 Å². The van der Waals surface area contributed by atoms with Gasteiger partial charge in [-0.1, -0.05) is 18.1 Å². The summed E-state index contributed by atoms with van der Waals surface area (Å²) in [5, 5.41) is 30.1. The second-order valence-electron chi connectivity index (χ2n) is 8.07. The molecule has 33 heavy (non-hydrogen) atoms. The molecule has 0 unspecified atom stereocenters. The van der Waals surface area contributed by atoms with E-state index in [1.165, 1.54) is 30.7 Å². The molecule has 2 heterocycles. The third-order valence-electron chi connectivity index (χ3n) is 5.63. The van der Waals surface area contributed by atoms with Crippen molar-refractivity contribution in [3.05, 3.63) is 58.1 Å². The zero-order valence-electron chi connectivity index (χ0n) is 18.3. The molecule has 10 nitrogen and oxygen atoms in total. The van der Waals surface area contributed by atoms with Crippen LogP contribution in [-0.2, 0) is 11.5 Å². The summed E-state index contributed by atoms with van der Waals surface area (Å²) in [7, 11) is 0. The fourth-order valence-electron chi connectivity index (χ4n) is 3.92. The van der Waals surface area contributed by atoms with Crippen LogP contribution in [0.1, 0.15) is 24.8 Å². The number of hydrogen-bond donors (Lipinski definition) is 1. The first-order chi connectivity index (χ1) is 15.9. The molecule has 1 aliphatic heterocycles. The Morgan fingerprint density at radius 1 is 1.15 bits per heavy atom. The molecule has 172 valence electrons. The lowest BCUT2D eigenvalue weighted by atomic mass is 10.1. The molecule has 1 aromatic heterocycles. The van der Waals surface area contributed by atoms with E-state index in [0.717, 1.165) is 42.4 Å². The van der Waals surface area contributed by atoms with Crippen LogP contribution in [0.25, 0.3) is 10.9 Å². The monoisotopic (exact) mass is 451 g/mol. The Kier molecular flexibility index (Phi) is 6.64. The number of nitro benzene ring substituents is 1. The van der Waals surface area contributed by atoms with Crippen LogP contribution in [-0.4, -0.2) is 45.1 Å². The average molecular weight is 451 g/mol. The van der Waals surface area contributed by atoms with Gasteiger partial charge in [-0.15, -0.1) is 10.2 Å². The molecule has 1 saturated heterocycles. The van der Waals surface area contributed by atoms with E-state index >= 15 is 0 Å². The molecular weight excluding hydrogens is 426 g/mol. The molecule has 0 saturated carbocycles. The van der Waals surface area contributed by atoms with E-state index in [-0.39, 0.29) is 23.9 Å². The number of piperidine rings is 1. The number of likely N-dealkylation sites (tertiary alicyclic amines) is 1. The maximum Gasteiger partial charge on any atom is 0.302 e. The summed E-state index contributed by atoms with van der Waals surface area (Å²) in [6, 6.07) is 11.2. The van der Waals surface area contributed by atoms with Crippen molar-refractivity contribution in [1.82, 2.24) is 9.47 Å². The summed E-state index contributed by atoms with van der Waals surface area (Å²) in [6.45, 7) is 4.05. The number of carbonyl (C=O) groups excluding carboxylic acids is 1. The number of carbonyl (C=O) groups is 1. The SMILES string of the molecule is Cc1ccc2c(c1)c(N=NC(=O)COc1ccc([N+](=O)[O-])cc1)c(O)n2CN1CCCCC1. The molecule has 1 amide bonds. The predicted octanol–water partition coefficient (Wildman–Crippen LogP) is 4.70. The lowest BCUT2D eigenvalue weighted by Crippen LogP contribution is -2.31. The van der Waals surface area contributed by atoms with Gasteiger partial charge in [-0.25, -0.2) is 0 Å². The van der Waals surface area contributed by atoms with Crippen LogP contribution in [0.3, 0.4) is 0 Å². The summed E-state index contributed by atoms with van der Waals surface area (Å²) in [5.41, 5.74) is 2.00. The molecule has 0 bridgehead atoms. The standard InChI is InChI=1S/C23H25N5O5/c1-16-5-10-20-19(13-16)22(23(30)27(20)15-26-11-3-2-4-12-26)25-24-21(29)14-33-18-8-6-17(7-9-18)28(31)32/h5-10,13,30H,2-4,11-12,14-15H2,1H3. The predicted molar refractivity (Wildman–Crippen MR) is 122 cm³/mol. The Morgan fingerprint density at radius 3 is 2.58 bits per heavy atom. The molecule has 0 atom stereocenters. The summed E-state index contributed by atoms with van der Waals surface area (Å²) < 4.78 is 7.13. The first kappa shape index (κ1) is 22.4. The number of non-ortho nitro benzene ring substituents is 1. The second kappa shape index (κ2) is 9.78. The van der Waals surface area contributed by atoms with Crippen molar-refractivity contribution in [1.29, 1.82) is 0 Å².